The minimum absolute atomic E-state index is 0. The predicted octanol–water partition coefficient (Wildman–Crippen LogP) is 1.97. The molecule has 168 valence electrons. The van der Waals surface area contributed by atoms with E-state index >= 15 is 0 Å². The number of carbonyl (C=O) groups excluding carboxylic acids is 1. The van der Waals surface area contributed by atoms with Crippen molar-refractivity contribution in [3.8, 4) is 0 Å². The fourth-order valence-electron chi connectivity index (χ4n) is 4.15. The van der Waals surface area contributed by atoms with Gasteiger partial charge >= 0.3 is 0 Å². The molecular formula is C21H40IN5O2. The van der Waals surface area contributed by atoms with Crippen LogP contribution in [0, 0.1) is 11.8 Å². The Morgan fingerprint density at radius 3 is 2.59 bits per heavy atom. The summed E-state index contributed by atoms with van der Waals surface area (Å²) in [6, 6.07) is 0.781. The molecule has 7 nitrogen and oxygen atoms in total. The summed E-state index contributed by atoms with van der Waals surface area (Å²) in [5, 5.41) is 10.2. The lowest BCUT2D eigenvalue weighted by Crippen LogP contribution is -2.47. The number of guanidine groups is 1. The molecule has 0 aromatic heterocycles. The zero-order valence-electron chi connectivity index (χ0n) is 18.1. The third-order valence-corrected chi connectivity index (χ3v) is 5.89. The van der Waals surface area contributed by atoms with E-state index in [0.717, 1.165) is 90.4 Å². The Morgan fingerprint density at radius 1 is 1.14 bits per heavy atom. The highest BCUT2D eigenvalue weighted by molar-refractivity contribution is 14.0. The third kappa shape index (κ3) is 8.96. The number of aliphatic imine (C=N–C) groups is 1. The van der Waals surface area contributed by atoms with Gasteiger partial charge in [0.1, 0.15) is 0 Å². The molecule has 0 radical (unpaired) electrons. The molecule has 3 atom stereocenters. The summed E-state index contributed by atoms with van der Waals surface area (Å²) in [5.74, 6) is 1.81. The molecule has 1 heterocycles. The third-order valence-electron chi connectivity index (χ3n) is 5.89. The van der Waals surface area contributed by atoms with Crippen LogP contribution in [-0.2, 0) is 9.53 Å². The molecule has 1 aliphatic heterocycles. The largest absolute Gasteiger partial charge is 0.379 e. The number of rotatable bonds is 8. The Kier molecular flexibility index (Phi) is 11.0. The molecule has 3 aliphatic rings. The second kappa shape index (κ2) is 12.9. The van der Waals surface area contributed by atoms with Crippen LogP contribution in [0.4, 0.5) is 0 Å². The molecule has 3 rings (SSSR count). The van der Waals surface area contributed by atoms with Crippen LogP contribution < -0.4 is 16.0 Å². The van der Waals surface area contributed by atoms with Gasteiger partial charge in [-0.05, 0) is 44.9 Å². The van der Waals surface area contributed by atoms with Crippen LogP contribution in [-0.4, -0.2) is 74.8 Å². The highest BCUT2D eigenvalue weighted by Crippen LogP contribution is 2.26. The van der Waals surface area contributed by atoms with Gasteiger partial charge in [0.05, 0.1) is 13.2 Å². The van der Waals surface area contributed by atoms with E-state index < -0.39 is 0 Å². The minimum Gasteiger partial charge on any atom is -0.379 e. The van der Waals surface area contributed by atoms with Crippen molar-refractivity contribution < 1.29 is 9.53 Å². The first-order valence-electron chi connectivity index (χ1n) is 11.3. The van der Waals surface area contributed by atoms with E-state index in [1.807, 2.05) is 0 Å². The van der Waals surface area contributed by atoms with E-state index in [9.17, 15) is 4.79 Å². The van der Waals surface area contributed by atoms with Crippen molar-refractivity contribution in [2.24, 2.45) is 16.8 Å². The van der Waals surface area contributed by atoms with Gasteiger partial charge in [-0.1, -0.05) is 13.3 Å². The predicted molar refractivity (Wildman–Crippen MR) is 128 cm³/mol. The number of hydrogen-bond donors (Lipinski definition) is 3. The Labute approximate surface area is 193 Å². The molecule has 2 saturated carbocycles. The van der Waals surface area contributed by atoms with Crippen LogP contribution in [0.3, 0.4) is 0 Å². The number of ether oxygens (including phenoxy) is 1. The van der Waals surface area contributed by atoms with Crippen molar-refractivity contribution in [3.63, 3.8) is 0 Å². The second-order valence-electron chi connectivity index (χ2n) is 8.73. The maximum atomic E-state index is 12.4. The fraction of sp³-hybridized carbons (Fsp3) is 0.905. The summed E-state index contributed by atoms with van der Waals surface area (Å²) in [7, 11) is 0. The van der Waals surface area contributed by atoms with Gasteiger partial charge < -0.3 is 20.7 Å². The van der Waals surface area contributed by atoms with Gasteiger partial charge in [-0.25, -0.2) is 0 Å². The number of morpholine rings is 1. The molecule has 0 bridgehead atoms. The quantitative estimate of drug-likeness (QED) is 0.259. The second-order valence-corrected chi connectivity index (χ2v) is 8.73. The van der Waals surface area contributed by atoms with E-state index in [1.54, 1.807) is 0 Å². The first-order chi connectivity index (χ1) is 13.6. The summed E-state index contributed by atoms with van der Waals surface area (Å²) in [6.07, 6.45) is 6.45. The van der Waals surface area contributed by atoms with Gasteiger partial charge in [-0.3, -0.25) is 14.7 Å². The maximum absolute atomic E-state index is 12.4. The summed E-state index contributed by atoms with van der Waals surface area (Å²) < 4.78 is 5.43. The van der Waals surface area contributed by atoms with Gasteiger partial charge in [0, 0.05) is 50.7 Å². The van der Waals surface area contributed by atoms with Crippen LogP contribution >= 0.6 is 24.0 Å². The van der Waals surface area contributed by atoms with Crippen LogP contribution in [0.1, 0.15) is 52.4 Å². The molecule has 29 heavy (non-hydrogen) atoms. The van der Waals surface area contributed by atoms with Gasteiger partial charge in [0.2, 0.25) is 5.91 Å². The average Bonchev–Trinajstić information content (AvgIpc) is 3.51. The normalized spacial score (nSPS) is 26.9. The summed E-state index contributed by atoms with van der Waals surface area (Å²) in [6.45, 7) is 10.8. The Bertz CT molecular complexity index is 523. The van der Waals surface area contributed by atoms with Gasteiger partial charge in [0.25, 0.3) is 0 Å². The van der Waals surface area contributed by atoms with Crippen molar-refractivity contribution in [2.75, 3.05) is 45.9 Å². The lowest BCUT2D eigenvalue weighted by atomic mass is 9.85. The van der Waals surface area contributed by atoms with Crippen molar-refractivity contribution >= 4 is 35.8 Å². The van der Waals surface area contributed by atoms with E-state index in [0.29, 0.717) is 18.0 Å². The zero-order chi connectivity index (χ0) is 19.8. The molecule has 3 unspecified atom stereocenters. The minimum atomic E-state index is 0. The summed E-state index contributed by atoms with van der Waals surface area (Å²) in [4.78, 5) is 19.7. The Hall–Kier alpha value is -0.610. The first-order valence-corrected chi connectivity index (χ1v) is 11.3. The van der Waals surface area contributed by atoms with E-state index in [4.69, 9.17) is 9.73 Å². The highest BCUT2D eigenvalue weighted by Gasteiger charge is 2.31. The van der Waals surface area contributed by atoms with Crippen LogP contribution in [0.2, 0.25) is 0 Å². The molecule has 0 spiro atoms. The molecule has 3 fully saturated rings. The van der Waals surface area contributed by atoms with Crippen molar-refractivity contribution in [2.45, 2.75) is 64.5 Å². The molecule has 0 aromatic rings. The lowest BCUT2D eigenvalue weighted by Gasteiger charge is -2.30. The van der Waals surface area contributed by atoms with Gasteiger partial charge in [-0.2, -0.15) is 0 Å². The number of hydrogen-bond acceptors (Lipinski definition) is 4. The van der Waals surface area contributed by atoms with Crippen molar-refractivity contribution in [1.29, 1.82) is 0 Å². The SMILES string of the molecule is CCNC(=NCC(C)CN1CCOCC1)NC1CCCC(C(=O)NC2CC2)C1.I. The number of carbonyl (C=O) groups is 1. The molecule has 1 saturated heterocycles. The zero-order valence-corrected chi connectivity index (χ0v) is 20.5. The molecule has 2 aliphatic carbocycles. The molecule has 0 aromatic carbocycles. The fourth-order valence-corrected chi connectivity index (χ4v) is 4.15. The number of nitrogens with one attached hydrogen (secondary N) is 3. The molecule has 3 N–H and O–H groups in total. The van der Waals surface area contributed by atoms with Gasteiger partial charge in [0.15, 0.2) is 5.96 Å². The van der Waals surface area contributed by atoms with Gasteiger partial charge in [-0.15, -0.1) is 24.0 Å². The lowest BCUT2D eigenvalue weighted by molar-refractivity contribution is -0.126. The van der Waals surface area contributed by atoms with Crippen LogP contribution in [0.25, 0.3) is 0 Å². The summed E-state index contributed by atoms with van der Waals surface area (Å²) >= 11 is 0. The summed E-state index contributed by atoms with van der Waals surface area (Å²) in [5.41, 5.74) is 0. The van der Waals surface area contributed by atoms with Crippen LogP contribution in [0.15, 0.2) is 4.99 Å². The number of nitrogens with zero attached hydrogens (tertiary/aromatic N) is 2. The molecular weight excluding hydrogens is 481 g/mol. The van der Waals surface area contributed by atoms with Crippen LogP contribution in [0.5, 0.6) is 0 Å². The monoisotopic (exact) mass is 521 g/mol. The van der Waals surface area contributed by atoms with E-state index in [1.165, 1.54) is 0 Å². The van der Waals surface area contributed by atoms with E-state index in [2.05, 4.69) is 34.7 Å². The smallest absolute Gasteiger partial charge is 0.223 e. The first kappa shape index (κ1) is 24.7. The highest BCUT2D eigenvalue weighted by atomic mass is 127. The number of halogens is 1. The maximum Gasteiger partial charge on any atom is 0.223 e. The number of amides is 1. The Morgan fingerprint density at radius 2 is 1.90 bits per heavy atom. The molecule has 1 amide bonds. The van der Waals surface area contributed by atoms with Crippen molar-refractivity contribution in [1.82, 2.24) is 20.9 Å². The Balaban J connectivity index is 0.00000300. The van der Waals surface area contributed by atoms with E-state index in [-0.39, 0.29) is 35.8 Å². The standard InChI is InChI=1S/C21H39N5O2.HI/c1-3-22-21(23-14-16(2)15-26-9-11-28-12-10-26)25-19-6-4-5-17(13-19)20(27)24-18-7-8-18;/h16-19H,3-15H2,1-2H3,(H,24,27)(H2,22,23,25);1H. The topological polar surface area (TPSA) is 78.0 Å². The van der Waals surface area contributed by atoms with Crippen molar-refractivity contribution in [3.05, 3.63) is 0 Å². The molecule has 8 heteroatoms. The average molecular weight is 521 g/mol.